The summed E-state index contributed by atoms with van der Waals surface area (Å²) in [4.78, 5) is 26.2. The highest BCUT2D eigenvalue weighted by molar-refractivity contribution is 8.00. The first kappa shape index (κ1) is 17.7. The Labute approximate surface area is 152 Å². The van der Waals surface area contributed by atoms with Crippen LogP contribution in [0.3, 0.4) is 0 Å². The molecule has 1 fully saturated rings. The predicted octanol–water partition coefficient (Wildman–Crippen LogP) is 4.58. The lowest BCUT2D eigenvalue weighted by Gasteiger charge is -2.36. The summed E-state index contributed by atoms with van der Waals surface area (Å²) in [5, 5.41) is 1.94. The van der Waals surface area contributed by atoms with E-state index in [1.807, 2.05) is 6.92 Å². The highest BCUT2D eigenvalue weighted by atomic mass is 32.2. The number of likely N-dealkylation sites (tertiary alicyclic amines) is 1. The Balaban J connectivity index is 1.82. The Bertz CT molecular complexity index is 743. The Morgan fingerprint density at radius 3 is 2.96 bits per heavy atom. The van der Waals surface area contributed by atoms with Crippen molar-refractivity contribution < 1.29 is 4.79 Å². The van der Waals surface area contributed by atoms with Gasteiger partial charge in [-0.25, -0.2) is 9.97 Å². The molecule has 1 amide bonds. The van der Waals surface area contributed by atoms with Crippen LogP contribution >= 0.6 is 23.1 Å². The molecule has 2 aromatic heterocycles. The van der Waals surface area contributed by atoms with Crippen LogP contribution in [0, 0.1) is 13.8 Å². The maximum atomic E-state index is 13.0. The monoisotopic (exact) mass is 363 g/mol. The van der Waals surface area contributed by atoms with Gasteiger partial charge in [-0.1, -0.05) is 18.7 Å². The molecule has 0 spiro atoms. The Kier molecular flexibility index (Phi) is 5.45. The van der Waals surface area contributed by atoms with E-state index < -0.39 is 0 Å². The van der Waals surface area contributed by atoms with Crippen LogP contribution in [0.25, 0.3) is 10.2 Å². The number of carbonyl (C=O) groups excluding carboxylic acids is 1. The van der Waals surface area contributed by atoms with Crippen molar-refractivity contribution in [2.45, 2.75) is 69.7 Å². The molecule has 2 atom stereocenters. The van der Waals surface area contributed by atoms with Gasteiger partial charge in [0.15, 0.2) is 0 Å². The van der Waals surface area contributed by atoms with Crippen LogP contribution in [0.2, 0.25) is 0 Å². The smallest absolute Gasteiger partial charge is 0.236 e. The van der Waals surface area contributed by atoms with Gasteiger partial charge in [-0.2, -0.15) is 0 Å². The molecule has 1 saturated heterocycles. The van der Waals surface area contributed by atoms with Crippen LogP contribution in [-0.4, -0.2) is 38.6 Å². The van der Waals surface area contributed by atoms with Gasteiger partial charge in [-0.3, -0.25) is 4.79 Å². The average molecular weight is 364 g/mol. The molecule has 0 saturated carbocycles. The second-order valence-corrected chi connectivity index (χ2v) is 9.02. The van der Waals surface area contributed by atoms with Crippen molar-refractivity contribution >= 4 is 39.2 Å². The van der Waals surface area contributed by atoms with Crippen LogP contribution in [-0.2, 0) is 4.79 Å². The van der Waals surface area contributed by atoms with Gasteiger partial charge in [-0.15, -0.1) is 11.3 Å². The number of piperidine rings is 1. The predicted molar refractivity (Wildman–Crippen MR) is 102 cm³/mol. The molecule has 130 valence electrons. The number of hydrogen-bond acceptors (Lipinski definition) is 5. The summed E-state index contributed by atoms with van der Waals surface area (Å²) in [7, 11) is 0. The molecule has 24 heavy (non-hydrogen) atoms. The first-order chi connectivity index (χ1) is 11.5. The summed E-state index contributed by atoms with van der Waals surface area (Å²) < 4.78 is 0. The molecule has 3 heterocycles. The van der Waals surface area contributed by atoms with Gasteiger partial charge < -0.3 is 4.90 Å². The number of aryl methyl sites for hydroxylation is 2. The molecule has 4 nitrogen and oxygen atoms in total. The number of hydrogen-bond donors (Lipinski definition) is 0. The van der Waals surface area contributed by atoms with Crippen molar-refractivity contribution in [2.24, 2.45) is 0 Å². The maximum absolute atomic E-state index is 13.0. The minimum absolute atomic E-state index is 0.116. The summed E-state index contributed by atoms with van der Waals surface area (Å²) >= 11 is 3.28. The van der Waals surface area contributed by atoms with E-state index in [0.29, 0.717) is 6.04 Å². The normalized spacial score (nSPS) is 19.7. The van der Waals surface area contributed by atoms with Gasteiger partial charge in [0.05, 0.1) is 5.25 Å². The lowest BCUT2D eigenvalue weighted by molar-refractivity contribution is -0.134. The quantitative estimate of drug-likeness (QED) is 0.589. The molecule has 0 aromatic carbocycles. The molecule has 0 bridgehead atoms. The molecule has 0 radical (unpaired) electrons. The zero-order valence-electron chi connectivity index (χ0n) is 14.8. The largest absolute Gasteiger partial charge is 0.339 e. The van der Waals surface area contributed by atoms with Crippen molar-refractivity contribution in [3.05, 3.63) is 16.8 Å². The number of amides is 1. The van der Waals surface area contributed by atoms with Crippen LogP contribution < -0.4 is 0 Å². The van der Waals surface area contributed by atoms with E-state index in [9.17, 15) is 4.79 Å². The fourth-order valence-electron chi connectivity index (χ4n) is 3.41. The second kappa shape index (κ2) is 7.40. The fourth-order valence-corrected chi connectivity index (χ4v) is 5.51. The van der Waals surface area contributed by atoms with E-state index in [0.717, 1.165) is 41.0 Å². The van der Waals surface area contributed by atoms with Gasteiger partial charge >= 0.3 is 0 Å². The standard InChI is InChI=1S/C18H25N3OS2/c1-5-14-8-6-7-9-21(14)18(22)13(4)24-17-15-11(2)12(3)23-16(15)19-10-20-17/h10,13-14H,5-9H2,1-4H3. The third-order valence-corrected chi connectivity index (χ3v) is 7.15. The minimum Gasteiger partial charge on any atom is -0.339 e. The third-order valence-electron chi connectivity index (χ3n) is 4.95. The van der Waals surface area contributed by atoms with E-state index in [-0.39, 0.29) is 11.2 Å². The van der Waals surface area contributed by atoms with E-state index in [1.54, 1.807) is 29.4 Å². The highest BCUT2D eigenvalue weighted by Gasteiger charge is 2.29. The molecule has 1 aliphatic rings. The van der Waals surface area contributed by atoms with Crippen LogP contribution in [0.15, 0.2) is 11.4 Å². The lowest BCUT2D eigenvalue weighted by atomic mass is 10.00. The van der Waals surface area contributed by atoms with Crippen molar-refractivity contribution in [1.82, 2.24) is 14.9 Å². The first-order valence-electron chi connectivity index (χ1n) is 8.70. The van der Waals surface area contributed by atoms with E-state index >= 15 is 0 Å². The number of nitrogens with zero attached hydrogens (tertiary/aromatic N) is 3. The molecular formula is C18H25N3OS2. The van der Waals surface area contributed by atoms with Gasteiger partial charge in [-0.05, 0) is 52.0 Å². The third kappa shape index (κ3) is 3.31. The van der Waals surface area contributed by atoms with Gasteiger partial charge in [0.25, 0.3) is 0 Å². The summed E-state index contributed by atoms with van der Waals surface area (Å²) in [5.74, 6) is 0.253. The number of carbonyl (C=O) groups is 1. The van der Waals surface area contributed by atoms with Gasteiger partial charge in [0.2, 0.25) is 5.91 Å². The summed E-state index contributed by atoms with van der Waals surface area (Å²) in [6, 6.07) is 0.407. The zero-order valence-corrected chi connectivity index (χ0v) is 16.5. The lowest BCUT2D eigenvalue weighted by Crippen LogP contribution is -2.46. The number of thioether (sulfide) groups is 1. The zero-order chi connectivity index (χ0) is 17.3. The molecule has 1 aliphatic heterocycles. The molecule has 2 unspecified atom stereocenters. The molecule has 0 N–H and O–H groups in total. The topological polar surface area (TPSA) is 46.1 Å². The molecule has 0 aliphatic carbocycles. The summed E-state index contributed by atoms with van der Waals surface area (Å²) in [6.45, 7) is 9.32. The molecule has 2 aromatic rings. The highest BCUT2D eigenvalue weighted by Crippen LogP contribution is 2.36. The van der Waals surface area contributed by atoms with Crippen LogP contribution in [0.5, 0.6) is 0 Å². The fraction of sp³-hybridized carbons (Fsp3) is 0.611. The van der Waals surface area contributed by atoms with Crippen molar-refractivity contribution in [1.29, 1.82) is 0 Å². The molecule has 6 heteroatoms. The maximum Gasteiger partial charge on any atom is 0.236 e. The molecule has 3 rings (SSSR count). The number of fused-ring (bicyclic) bond motifs is 1. The SMILES string of the molecule is CCC1CCCCN1C(=O)C(C)Sc1ncnc2sc(C)c(C)c12. The van der Waals surface area contributed by atoms with Crippen molar-refractivity contribution in [3.8, 4) is 0 Å². The second-order valence-electron chi connectivity index (χ2n) is 6.49. The number of thiophene rings is 1. The van der Waals surface area contributed by atoms with E-state index in [1.165, 1.54) is 16.9 Å². The minimum atomic E-state index is -0.116. The van der Waals surface area contributed by atoms with Gasteiger partial charge in [0.1, 0.15) is 16.2 Å². The molecular weight excluding hydrogens is 338 g/mol. The summed E-state index contributed by atoms with van der Waals surface area (Å²) in [5.41, 5.74) is 1.24. The average Bonchev–Trinajstić information content (AvgIpc) is 2.89. The van der Waals surface area contributed by atoms with E-state index in [2.05, 4.69) is 35.6 Å². The van der Waals surface area contributed by atoms with Crippen molar-refractivity contribution in [3.63, 3.8) is 0 Å². The Hall–Kier alpha value is -1.14. The first-order valence-corrected chi connectivity index (χ1v) is 10.4. The Morgan fingerprint density at radius 1 is 1.42 bits per heavy atom. The summed E-state index contributed by atoms with van der Waals surface area (Å²) in [6.07, 6.45) is 6.17. The van der Waals surface area contributed by atoms with Crippen molar-refractivity contribution in [2.75, 3.05) is 6.54 Å². The number of aromatic nitrogens is 2. The van der Waals surface area contributed by atoms with Gasteiger partial charge in [0, 0.05) is 22.8 Å². The van der Waals surface area contributed by atoms with E-state index in [4.69, 9.17) is 0 Å². The number of rotatable bonds is 4. The van der Waals surface area contributed by atoms with Crippen LogP contribution in [0.4, 0.5) is 0 Å². The van der Waals surface area contributed by atoms with Crippen LogP contribution in [0.1, 0.15) is 50.0 Å². The Morgan fingerprint density at radius 2 is 2.21 bits per heavy atom.